The van der Waals surface area contributed by atoms with Crippen LogP contribution in [0.1, 0.15) is 33.6 Å². The number of benzene rings is 1. The van der Waals surface area contributed by atoms with Gasteiger partial charge in [0.05, 0.1) is 17.7 Å². The molecule has 0 heterocycles. The highest BCUT2D eigenvalue weighted by Gasteiger charge is 2.19. The van der Waals surface area contributed by atoms with Crippen molar-refractivity contribution in [3.63, 3.8) is 0 Å². The van der Waals surface area contributed by atoms with Crippen molar-refractivity contribution >= 4 is 23.2 Å². The van der Waals surface area contributed by atoms with Crippen molar-refractivity contribution in [2.75, 3.05) is 11.9 Å². The van der Waals surface area contributed by atoms with Crippen molar-refractivity contribution in [1.82, 2.24) is 0 Å². The van der Waals surface area contributed by atoms with Crippen molar-refractivity contribution in [1.29, 1.82) is 0 Å². The molecule has 0 saturated heterocycles. The van der Waals surface area contributed by atoms with Crippen LogP contribution >= 0.6 is 11.6 Å². The minimum atomic E-state index is -0.519. The van der Waals surface area contributed by atoms with Gasteiger partial charge in [0, 0.05) is 5.69 Å². The molecule has 5 heteroatoms. The molecule has 0 aromatic heterocycles. The average Bonchev–Trinajstić information content (AvgIpc) is 2.44. The third-order valence-electron chi connectivity index (χ3n) is 3.22. The van der Waals surface area contributed by atoms with E-state index in [-0.39, 0.29) is 11.8 Å². The van der Waals surface area contributed by atoms with E-state index in [2.05, 4.69) is 5.32 Å². The normalized spacial score (nSPS) is 13.7. The minimum absolute atomic E-state index is 0.137. The summed E-state index contributed by atoms with van der Waals surface area (Å²) in [6, 6.07) is 4.67. The summed E-state index contributed by atoms with van der Waals surface area (Å²) in [6.07, 6.45) is 1.78. The first-order chi connectivity index (χ1) is 9.49. The Morgan fingerprint density at radius 3 is 2.70 bits per heavy atom. The van der Waals surface area contributed by atoms with Gasteiger partial charge in [-0.15, -0.1) is 0 Å². The second-order valence-electron chi connectivity index (χ2n) is 4.89. The van der Waals surface area contributed by atoms with Crippen LogP contribution < -0.4 is 15.8 Å². The number of carbonyl (C=O) groups excluding carboxylic acids is 1. The topological polar surface area (TPSA) is 64.3 Å². The Morgan fingerprint density at radius 2 is 2.15 bits per heavy atom. The highest BCUT2D eigenvalue weighted by Crippen LogP contribution is 2.28. The third kappa shape index (κ3) is 4.69. The third-order valence-corrected chi connectivity index (χ3v) is 3.52. The Bertz CT molecular complexity index is 451. The van der Waals surface area contributed by atoms with E-state index in [0.717, 1.165) is 12.8 Å². The number of anilines is 1. The highest BCUT2D eigenvalue weighted by atomic mass is 35.5. The Balaban J connectivity index is 2.69. The number of hydrogen-bond donors (Lipinski definition) is 2. The van der Waals surface area contributed by atoms with Crippen LogP contribution in [-0.4, -0.2) is 18.6 Å². The molecule has 1 rings (SSSR count). The van der Waals surface area contributed by atoms with Gasteiger partial charge in [-0.2, -0.15) is 0 Å². The van der Waals surface area contributed by atoms with Gasteiger partial charge in [-0.1, -0.05) is 38.8 Å². The molecule has 0 radical (unpaired) electrons. The maximum absolute atomic E-state index is 12.0. The summed E-state index contributed by atoms with van der Waals surface area (Å²) in [5, 5.41) is 3.26. The first-order valence-corrected chi connectivity index (χ1v) is 7.36. The molecule has 0 aliphatic rings. The smallest absolute Gasteiger partial charge is 0.241 e. The molecule has 0 saturated carbocycles. The van der Waals surface area contributed by atoms with E-state index >= 15 is 0 Å². The molecule has 1 aromatic carbocycles. The Labute approximate surface area is 125 Å². The molecular weight excluding hydrogens is 276 g/mol. The summed E-state index contributed by atoms with van der Waals surface area (Å²) in [7, 11) is 0. The molecule has 3 N–H and O–H groups in total. The van der Waals surface area contributed by atoms with Crippen LogP contribution in [0.5, 0.6) is 5.75 Å². The van der Waals surface area contributed by atoms with E-state index < -0.39 is 6.04 Å². The SMILES string of the molecule is CCCOc1ccc(NC(=O)[C@@H](N)[C@@H](C)CC)cc1Cl. The minimum Gasteiger partial charge on any atom is -0.492 e. The van der Waals surface area contributed by atoms with Crippen LogP contribution in [0.25, 0.3) is 0 Å². The van der Waals surface area contributed by atoms with Gasteiger partial charge in [0.1, 0.15) is 5.75 Å². The van der Waals surface area contributed by atoms with Crippen LogP contribution in [0.2, 0.25) is 5.02 Å². The molecule has 4 nitrogen and oxygen atoms in total. The molecule has 0 unspecified atom stereocenters. The van der Waals surface area contributed by atoms with Crippen LogP contribution in [-0.2, 0) is 4.79 Å². The predicted octanol–water partition coefficient (Wildman–Crippen LogP) is 3.44. The van der Waals surface area contributed by atoms with Crippen LogP contribution in [0.15, 0.2) is 18.2 Å². The Hall–Kier alpha value is -1.26. The van der Waals surface area contributed by atoms with Crippen molar-refractivity contribution in [2.45, 2.75) is 39.7 Å². The zero-order chi connectivity index (χ0) is 15.1. The van der Waals surface area contributed by atoms with Gasteiger partial charge in [-0.25, -0.2) is 0 Å². The predicted molar refractivity (Wildman–Crippen MR) is 83.3 cm³/mol. The monoisotopic (exact) mass is 298 g/mol. The second-order valence-corrected chi connectivity index (χ2v) is 5.30. The van der Waals surface area contributed by atoms with Gasteiger partial charge in [0.25, 0.3) is 0 Å². The summed E-state index contributed by atoms with van der Waals surface area (Å²) in [4.78, 5) is 12.0. The van der Waals surface area contributed by atoms with E-state index in [1.807, 2.05) is 20.8 Å². The lowest BCUT2D eigenvalue weighted by molar-refractivity contribution is -0.118. The van der Waals surface area contributed by atoms with Crippen LogP contribution in [0.4, 0.5) is 5.69 Å². The van der Waals surface area contributed by atoms with Crippen molar-refractivity contribution in [2.24, 2.45) is 11.7 Å². The van der Waals surface area contributed by atoms with Crippen molar-refractivity contribution in [3.8, 4) is 5.75 Å². The summed E-state index contributed by atoms with van der Waals surface area (Å²) < 4.78 is 5.48. The number of nitrogens with two attached hydrogens (primary N) is 1. The molecule has 112 valence electrons. The number of halogens is 1. The van der Waals surface area contributed by atoms with E-state index in [1.165, 1.54) is 0 Å². The van der Waals surface area contributed by atoms with Gasteiger partial charge in [0.2, 0.25) is 5.91 Å². The van der Waals surface area contributed by atoms with Crippen molar-refractivity contribution < 1.29 is 9.53 Å². The first-order valence-electron chi connectivity index (χ1n) is 6.98. The van der Waals surface area contributed by atoms with E-state index in [4.69, 9.17) is 22.1 Å². The molecular formula is C15H23ClN2O2. The molecule has 0 spiro atoms. The number of nitrogens with one attached hydrogen (secondary N) is 1. The molecule has 2 atom stereocenters. The standard InChI is InChI=1S/C15H23ClN2O2/c1-4-8-20-13-7-6-11(9-12(13)16)18-15(19)14(17)10(3)5-2/h6-7,9-10,14H,4-5,8,17H2,1-3H3,(H,18,19)/t10-,14-/m0/s1. The van der Waals surface area contributed by atoms with Crippen LogP contribution in [0.3, 0.4) is 0 Å². The zero-order valence-corrected chi connectivity index (χ0v) is 13.0. The van der Waals surface area contributed by atoms with E-state index in [0.29, 0.717) is 23.1 Å². The number of ether oxygens (including phenoxy) is 1. The van der Waals surface area contributed by atoms with E-state index in [9.17, 15) is 4.79 Å². The Morgan fingerprint density at radius 1 is 1.45 bits per heavy atom. The van der Waals surface area contributed by atoms with Gasteiger partial charge in [-0.3, -0.25) is 4.79 Å². The van der Waals surface area contributed by atoms with Gasteiger partial charge >= 0.3 is 0 Å². The number of hydrogen-bond acceptors (Lipinski definition) is 3. The highest BCUT2D eigenvalue weighted by molar-refractivity contribution is 6.32. The lowest BCUT2D eigenvalue weighted by atomic mass is 9.99. The summed E-state index contributed by atoms with van der Waals surface area (Å²) in [5.74, 6) is 0.563. The lowest BCUT2D eigenvalue weighted by Crippen LogP contribution is -2.40. The summed E-state index contributed by atoms with van der Waals surface area (Å²) >= 11 is 6.11. The summed E-state index contributed by atoms with van der Waals surface area (Å²) in [6.45, 7) is 6.61. The summed E-state index contributed by atoms with van der Waals surface area (Å²) in [5.41, 5.74) is 6.51. The quantitative estimate of drug-likeness (QED) is 0.810. The average molecular weight is 299 g/mol. The first kappa shape index (κ1) is 16.8. The van der Waals surface area contributed by atoms with Gasteiger partial charge in [-0.05, 0) is 30.5 Å². The lowest BCUT2D eigenvalue weighted by Gasteiger charge is -2.18. The number of rotatable bonds is 7. The van der Waals surface area contributed by atoms with Gasteiger partial charge in [0.15, 0.2) is 0 Å². The largest absolute Gasteiger partial charge is 0.492 e. The molecule has 0 aliphatic heterocycles. The van der Waals surface area contributed by atoms with Crippen LogP contribution in [0, 0.1) is 5.92 Å². The molecule has 0 aliphatic carbocycles. The zero-order valence-electron chi connectivity index (χ0n) is 12.3. The van der Waals surface area contributed by atoms with E-state index in [1.54, 1.807) is 18.2 Å². The fraction of sp³-hybridized carbons (Fsp3) is 0.533. The number of amides is 1. The second kappa shape index (κ2) is 8.12. The maximum atomic E-state index is 12.0. The van der Waals surface area contributed by atoms with Crippen molar-refractivity contribution in [3.05, 3.63) is 23.2 Å². The number of carbonyl (C=O) groups is 1. The molecule has 1 aromatic rings. The Kier molecular flexibility index (Phi) is 6.82. The maximum Gasteiger partial charge on any atom is 0.241 e. The molecule has 0 bridgehead atoms. The van der Waals surface area contributed by atoms with Gasteiger partial charge < -0.3 is 15.8 Å². The molecule has 0 fully saturated rings. The fourth-order valence-electron chi connectivity index (χ4n) is 1.65. The molecule has 20 heavy (non-hydrogen) atoms. The molecule has 1 amide bonds. The fourth-order valence-corrected chi connectivity index (χ4v) is 1.88.